The summed E-state index contributed by atoms with van der Waals surface area (Å²) in [5.41, 5.74) is 5.92. The van der Waals surface area contributed by atoms with Gasteiger partial charge in [0.05, 0.1) is 16.3 Å². The van der Waals surface area contributed by atoms with Crippen LogP contribution in [0.4, 0.5) is 10.7 Å². The number of hydrogen-bond donors (Lipinski definition) is 2. The first kappa shape index (κ1) is 17.9. The van der Waals surface area contributed by atoms with Crippen molar-refractivity contribution in [1.82, 2.24) is 0 Å². The molecule has 0 fully saturated rings. The van der Waals surface area contributed by atoms with E-state index < -0.39 is 9.84 Å². The molecule has 1 rings (SSSR count). The number of ether oxygens (including phenoxy) is 1. The highest BCUT2D eigenvalue weighted by Gasteiger charge is 2.27. The maximum atomic E-state index is 12.2. The fourth-order valence-electron chi connectivity index (χ4n) is 1.78. The van der Waals surface area contributed by atoms with Crippen LogP contribution >= 0.6 is 11.3 Å². The van der Waals surface area contributed by atoms with Crippen molar-refractivity contribution in [3.05, 3.63) is 4.88 Å². The van der Waals surface area contributed by atoms with Crippen molar-refractivity contribution in [2.45, 2.75) is 32.1 Å². The Kier molecular flexibility index (Phi) is 6.63. The van der Waals surface area contributed by atoms with Crippen LogP contribution in [0.25, 0.3) is 0 Å². The number of thiophene rings is 1. The fraction of sp³-hybridized carbons (Fsp3) is 0.615. The van der Waals surface area contributed by atoms with Gasteiger partial charge < -0.3 is 15.8 Å². The number of ketones is 1. The summed E-state index contributed by atoms with van der Waals surface area (Å²) >= 11 is 1.09. The second-order valence-corrected chi connectivity index (χ2v) is 7.68. The van der Waals surface area contributed by atoms with E-state index >= 15 is 0 Å². The lowest BCUT2D eigenvalue weighted by molar-refractivity contribution is 0.102. The molecule has 1 heterocycles. The molecule has 8 heteroatoms. The van der Waals surface area contributed by atoms with Crippen LogP contribution < -0.4 is 11.1 Å². The molecular weight excluding hydrogens is 312 g/mol. The molecule has 0 unspecified atom stereocenters. The summed E-state index contributed by atoms with van der Waals surface area (Å²) in [4.78, 5) is 11.9. The van der Waals surface area contributed by atoms with E-state index in [9.17, 15) is 13.2 Å². The van der Waals surface area contributed by atoms with Gasteiger partial charge in [0.15, 0.2) is 15.6 Å². The Labute approximate surface area is 129 Å². The average molecular weight is 334 g/mol. The van der Waals surface area contributed by atoms with Gasteiger partial charge in [-0.05, 0) is 13.3 Å². The molecule has 0 aliphatic carbocycles. The zero-order valence-corrected chi connectivity index (χ0v) is 14.2. The van der Waals surface area contributed by atoms with Crippen LogP contribution in [0.2, 0.25) is 0 Å². The molecule has 120 valence electrons. The number of rotatable bonds is 9. The number of anilines is 2. The summed E-state index contributed by atoms with van der Waals surface area (Å²) in [5, 5.41) is 3.50. The molecule has 0 saturated heterocycles. The highest BCUT2D eigenvalue weighted by atomic mass is 32.2. The predicted molar refractivity (Wildman–Crippen MR) is 86.1 cm³/mol. The van der Waals surface area contributed by atoms with Crippen LogP contribution in [0.1, 0.15) is 36.9 Å². The Hall–Kier alpha value is -1.12. The Morgan fingerprint density at radius 3 is 2.57 bits per heavy atom. The van der Waals surface area contributed by atoms with E-state index in [1.54, 1.807) is 6.92 Å². The fourth-order valence-corrected chi connectivity index (χ4v) is 4.37. The van der Waals surface area contributed by atoms with Gasteiger partial charge in [0.2, 0.25) is 0 Å². The Bertz CT molecular complexity index is 594. The quantitative estimate of drug-likeness (QED) is 0.530. The molecule has 0 spiro atoms. The van der Waals surface area contributed by atoms with Gasteiger partial charge in [0.25, 0.3) is 0 Å². The minimum absolute atomic E-state index is 0.0524. The Balaban J connectivity index is 3.01. The van der Waals surface area contributed by atoms with E-state index in [0.29, 0.717) is 24.8 Å². The number of nitrogen functional groups attached to an aromatic ring is 1. The van der Waals surface area contributed by atoms with Crippen molar-refractivity contribution in [3.63, 3.8) is 0 Å². The molecule has 1 aromatic heterocycles. The van der Waals surface area contributed by atoms with Gasteiger partial charge in [0.1, 0.15) is 9.90 Å². The third-order valence-corrected chi connectivity index (χ3v) is 6.06. The zero-order valence-electron chi connectivity index (χ0n) is 12.6. The summed E-state index contributed by atoms with van der Waals surface area (Å²) in [5.74, 6) is -0.286. The first-order chi connectivity index (χ1) is 9.85. The third-order valence-electron chi connectivity index (χ3n) is 2.87. The van der Waals surface area contributed by atoms with Crippen LogP contribution in [0.3, 0.4) is 0 Å². The summed E-state index contributed by atoms with van der Waals surface area (Å²) in [6.45, 7) is 6.65. The van der Waals surface area contributed by atoms with Gasteiger partial charge in [0, 0.05) is 26.7 Å². The standard InChI is InChI=1S/C13H22N2O4S2/c1-4-19-8-6-7-15-13-12(21(17,18)5-2)10(14)11(20-13)9(3)16/h15H,4-8,14H2,1-3H3. The van der Waals surface area contributed by atoms with Crippen LogP contribution in [-0.2, 0) is 14.6 Å². The Morgan fingerprint density at radius 1 is 1.38 bits per heavy atom. The molecule has 0 aliphatic heterocycles. The van der Waals surface area contributed by atoms with Crippen molar-refractivity contribution in [2.75, 3.05) is 36.6 Å². The monoisotopic (exact) mass is 334 g/mol. The first-order valence-electron chi connectivity index (χ1n) is 6.82. The SMILES string of the molecule is CCOCCCNc1sc(C(C)=O)c(N)c1S(=O)(=O)CC. The van der Waals surface area contributed by atoms with E-state index in [1.807, 2.05) is 6.92 Å². The molecule has 0 amide bonds. The number of hydrogen-bond acceptors (Lipinski definition) is 7. The molecular formula is C13H22N2O4S2. The minimum Gasteiger partial charge on any atom is -0.396 e. The number of nitrogens with two attached hydrogens (primary N) is 1. The van der Waals surface area contributed by atoms with Crippen LogP contribution in [0.15, 0.2) is 4.90 Å². The maximum Gasteiger partial charge on any atom is 0.183 e. The molecule has 0 aliphatic rings. The number of nitrogens with one attached hydrogen (secondary N) is 1. The number of sulfone groups is 1. The summed E-state index contributed by atoms with van der Waals surface area (Å²) in [6.07, 6.45) is 0.743. The predicted octanol–water partition coefficient (Wildman–Crippen LogP) is 2.17. The van der Waals surface area contributed by atoms with Crippen LogP contribution in [0, 0.1) is 0 Å². The van der Waals surface area contributed by atoms with Crippen molar-refractivity contribution in [1.29, 1.82) is 0 Å². The highest BCUT2D eigenvalue weighted by molar-refractivity contribution is 7.91. The summed E-state index contributed by atoms with van der Waals surface area (Å²) in [7, 11) is -3.48. The van der Waals surface area contributed by atoms with E-state index in [-0.39, 0.29) is 27.0 Å². The van der Waals surface area contributed by atoms with E-state index in [4.69, 9.17) is 10.5 Å². The number of Topliss-reactive ketones (excluding diaryl/α,β-unsaturated/α-hetero) is 1. The molecule has 6 nitrogen and oxygen atoms in total. The molecule has 0 atom stereocenters. The molecule has 0 bridgehead atoms. The van der Waals surface area contributed by atoms with Gasteiger partial charge in [-0.15, -0.1) is 11.3 Å². The second kappa shape index (κ2) is 7.77. The summed E-state index contributed by atoms with van der Waals surface area (Å²) < 4.78 is 29.6. The normalized spacial score (nSPS) is 11.6. The molecule has 1 aromatic rings. The molecule has 0 radical (unpaired) electrons. The highest BCUT2D eigenvalue weighted by Crippen LogP contribution is 2.39. The van der Waals surface area contributed by atoms with Crippen molar-refractivity contribution >= 4 is 37.6 Å². The number of carbonyl (C=O) groups excluding carboxylic acids is 1. The van der Waals surface area contributed by atoms with Crippen molar-refractivity contribution in [2.24, 2.45) is 0 Å². The molecule has 0 aromatic carbocycles. The van der Waals surface area contributed by atoms with Crippen LogP contribution in [0.5, 0.6) is 0 Å². The topological polar surface area (TPSA) is 98.5 Å². The van der Waals surface area contributed by atoms with Gasteiger partial charge in [-0.1, -0.05) is 6.92 Å². The van der Waals surface area contributed by atoms with Gasteiger partial charge in [-0.3, -0.25) is 4.79 Å². The maximum absolute atomic E-state index is 12.2. The lowest BCUT2D eigenvalue weighted by Crippen LogP contribution is -2.11. The lowest BCUT2D eigenvalue weighted by Gasteiger charge is -2.08. The summed E-state index contributed by atoms with van der Waals surface area (Å²) in [6, 6.07) is 0. The van der Waals surface area contributed by atoms with Gasteiger partial charge >= 0.3 is 0 Å². The van der Waals surface area contributed by atoms with E-state index in [1.165, 1.54) is 6.92 Å². The van der Waals surface area contributed by atoms with Gasteiger partial charge in [-0.2, -0.15) is 0 Å². The number of carbonyl (C=O) groups is 1. The van der Waals surface area contributed by atoms with E-state index in [2.05, 4.69) is 5.32 Å². The van der Waals surface area contributed by atoms with Gasteiger partial charge in [-0.25, -0.2) is 8.42 Å². The first-order valence-corrected chi connectivity index (χ1v) is 9.29. The average Bonchev–Trinajstić information content (AvgIpc) is 2.76. The lowest BCUT2D eigenvalue weighted by atomic mass is 10.3. The zero-order chi connectivity index (χ0) is 16.0. The molecule has 21 heavy (non-hydrogen) atoms. The minimum atomic E-state index is -3.48. The van der Waals surface area contributed by atoms with Crippen molar-refractivity contribution in [3.8, 4) is 0 Å². The van der Waals surface area contributed by atoms with Crippen molar-refractivity contribution < 1.29 is 17.9 Å². The van der Waals surface area contributed by atoms with Crippen LogP contribution in [-0.4, -0.2) is 39.7 Å². The van der Waals surface area contributed by atoms with E-state index in [0.717, 1.165) is 17.8 Å². The second-order valence-electron chi connectivity index (χ2n) is 4.44. The molecule has 0 saturated carbocycles. The smallest absolute Gasteiger partial charge is 0.183 e. The Morgan fingerprint density at radius 2 is 2.05 bits per heavy atom. The molecule has 3 N–H and O–H groups in total. The third kappa shape index (κ3) is 4.42. The largest absolute Gasteiger partial charge is 0.396 e.